The number of hydrogen-bond acceptors (Lipinski definition) is 2. The first-order valence-corrected chi connectivity index (χ1v) is 7.51. The molecular weight excluding hydrogens is 246 g/mol. The van der Waals surface area contributed by atoms with Gasteiger partial charge in [-0.05, 0) is 36.1 Å². The summed E-state index contributed by atoms with van der Waals surface area (Å²) in [6.07, 6.45) is 6.25. The Morgan fingerprint density at radius 2 is 1.25 bits per heavy atom. The summed E-state index contributed by atoms with van der Waals surface area (Å²) in [5.41, 5.74) is 4.59. The molecule has 2 heteroatoms. The molecule has 1 aliphatic carbocycles. The van der Waals surface area contributed by atoms with Crippen molar-refractivity contribution in [2.45, 2.75) is 37.5 Å². The summed E-state index contributed by atoms with van der Waals surface area (Å²) in [4.78, 5) is 0. The molecule has 0 bridgehead atoms. The van der Waals surface area contributed by atoms with Crippen molar-refractivity contribution in [2.75, 3.05) is 5.06 Å². The molecule has 0 aromatic heterocycles. The summed E-state index contributed by atoms with van der Waals surface area (Å²) in [7, 11) is 0. The van der Waals surface area contributed by atoms with E-state index in [2.05, 4.69) is 24.3 Å². The van der Waals surface area contributed by atoms with Gasteiger partial charge in [0.05, 0.1) is 11.4 Å². The van der Waals surface area contributed by atoms with Crippen molar-refractivity contribution in [1.29, 1.82) is 0 Å². The summed E-state index contributed by atoms with van der Waals surface area (Å²) in [6, 6.07) is 16.6. The average Bonchev–Trinajstić information content (AvgIpc) is 2.54. The Bertz CT molecular complexity index is 594. The van der Waals surface area contributed by atoms with Crippen LogP contribution in [0.1, 0.15) is 43.2 Å². The topological polar surface area (TPSA) is 23.5 Å². The molecule has 0 atom stereocenters. The summed E-state index contributed by atoms with van der Waals surface area (Å²) in [6.45, 7) is 0. The molecule has 1 aliphatic heterocycles. The molecule has 2 aromatic rings. The summed E-state index contributed by atoms with van der Waals surface area (Å²) < 4.78 is 0. The van der Waals surface area contributed by atoms with E-state index in [1.165, 1.54) is 48.3 Å². The third kappa shape index (κ3) is 1.49. The van der Waals surface area contributed by atoms with Crippen LogP contribution in [-0.4, -0.2) is 5.21 Å². The van der Waals surface area contributed by atoms with Crippen molar-refractivity contribution in [2.24, 2.45) is 0 Å². The standard InChI is InChI=1S/C18H19NO/c20-19-16-10-4-2-8-14(16)18(12-6-1-7-13-18)15-9-3-5-11-17(15)19/h2-5,8-11,20H,1,6-7,12-13H2. The molecule has 102 valence electrons. The van der Waals surface area contributed by atoms with Gasteiger partial charge in [-0.3, -0.25) is 5.21 Å². The van der Waals surface area contributed by atoms with E-state index in [4.69, 9.17) is 0 Å². The zero-order chi connectivity index (χ0) is 13.6. The van der Waals surface area contributed by atoms with E-state index in [-0.39, 0.29) is 5.41 Å². The maximum Gasteiger partial charge on any atom is 0.0734 e. The zero-order valence-electron chi connectivity index (χ0n) is 11.5. The number of benzene rings is 2. The summed E-state index contributed by atoms with van der Waals surface area (Å²) in [5, 5.41) is 11.9. The Balaban J connectivity index is 2.01. The second-order valence-electron chi connectivity index (χ2n) is 5.99. The van der Waals surface area contributed by atoms with Crippen molar-refractivity contribution in [3.8, 4) is 0 Å². The Hall–Kier alpha value is -1.80. The first kappa shape index (κ1) is 12.0. The normalized spacial score (nSPS) is 19.6. The van der Waals surface area contributed by atoms with Crippen molar-refractivity contribution in [1.82, 2.24) is 0 Å². The Kier molecular flexibility index (Phi) is 2.61. The molecule has 0 saturated heterocycles. The minimum atomic E-state index is 0.102. The maximum absolute atomic E-state index is 10.6. The fourth-order valence-electron chi connectivity index (χ4n) is 4.09. The smallest absolute Gasteiger partial charge is 0.0734 e. The van der Waals surface area contributed by atoms with Gasteiger partial charge in [-0.2, -0.15) is 0 Å². The lowest BCUT2D eigenvalue weighted by molar-refractivity contribution is 0.277. The average molecular weight is 265 g/mol. The fraction of sp³-hybridized carbons (Fsp3) is 0.333. The first-order chi connectivity index (χ1) is 9.83. The Morgan fingerprint density at radius 3 is 1.80 bits per heavy atom. The lowest BCUT2D eigenvalue weighted by atomic mass is 9.63. The van der Waals surface area contributed by atoms with Crippen LogP contribution in [0.15, 0.2) is 48.5 Å². The zero-order valence-corrected chi connectivity index (χ0v) is 11.5. The maximum atomic E-state index is 10.6. The van der Waals surface area contributed by atoms with Crippen LogP contribution in [0.2, 0.25) is 0 Å². The van der Waals surface area contributed by atoms with Gasteiger partial charge in [0.2, 0.25) is 0 Å². The molecule has 1 N–H and O–H groups in total. The van der Waals surface area contributed by atoms with Crippen molar-refractivity contribution in [3.05, 3.63) is 59.7 Å². The molecule has 0 radical (unpaired) electrons. The SMILES string of the molecule is ON1c2ccccc2C2(CCCCC2)c2ccccc21. The molecule has 0 amide bonds. The number of nitrogens with zero attached hydrogens (tertiary/aromatic N) is 1. The second kappa shape index (κ2) is 4.35. The molecule has 1 fully saturated rings. The van der Waals surface area contributed by atoms with Gasteiger partial charge in [0.15, 0.2) is 0 Å². The van der Waals surface area contributed by atoms with Gasteiger partial charge in [-0.25, -0.2) is 5.06 Å². The highest BCUT2D eigenvalue weighted by molar-refractivity contribution is 5.76. The Labute approximate surface area is 119 Å². The Morgan fingerprint density at radius 1 is 0.750 bits per heavy atom. The molecule has 1 spiro atoms. The molecule has 1 heterocycles. The van der Waals surface area contributed by atoms with E-state index in [0.717, 1.165) is 11.4 Å². The van der Waals surface area contributed by atoms with E-state index >= 15 is 0 Å². The quantitative estimate of drug-likeness (QED) is 0.741. The fourth-order valence-corrected chi connectivity index (χ4v) is 4.09. The lowest BCUT2D eigenvalue weighted by Gasteiger charge is -2.45. The number of fused-ring (bicyclic) bond motifs is 4. The van der Waals surface area contributed by atoms with Crippen molar-refractivity contribution < 1.29 is 5.21 Å². The van der Waals surface area contributed by atoms with E-state index < -0.39 is 0 Å². The van der Waals surface area contributed by atoms with Gasteiger partial charge in [0, 0.05) is 5.41 Å². The number of rotatable bonds is 0. The first-order valence-electron chi connectivity index (χ1n) is 7.51. The molecular formula is C18H19NO. The minimum absolute atomic E-state index is 0.102. The molecule has 20 heavy (non-hydrogen) atoms. The highest BCUT2D eigenvalue weighted by Gasteiger charge is 2.43. The minimum Gasteiger partial charge on any atom is -0.283 e. The lowest BCUT2D eigenvalue weighted by Crippen LogP contribution is -2.37. The predicted molar refractivity (Wildman–Crippen MR) is 80.7 cm³/mol. The van der Waals surface area contributed by atoms with Gasteiger partial charge in [0.1, 0.15) is 0 Å². The third-order valence-corrected chi connectivity index (χ3v) is 5.00. The van der Waals surface area contributed by atoms with Crippen LogP contribution in [0, 0.1) is 0 Å². The van der Waals surface area contributed by atoms with E-state index in [1.807, 2.05) is 24.3 Å². The highest BCUT2D eigenvalue weighted by atomic mass is 16.5. The van der Waals surface area contributed by atoms with E-state index in [9.17, 15) is 5.21 Å². The summed E-state index contributed by atoms with van der Waals surface area (Å²) in [5.74, 6) is 0. The third-order valence-electron chi connectivity index (χ3n) is 5.00. The van der Waals surface area contributed by atoms with Gasteiger partial charge in [0.25, 0.3) is 0 Å². The van der Waals surface area contributed by atoms with Crippen LogP contribution in [0.4, 0.5) is 11.4 Å². The number of hydrogen-bond donors (Lipinski definition) is 1. The second-order valence-corrected chi connectivity index (χ2v) is 5.99. The van der Waals surface area contributed by atoms with Gasteiger partial charge < -0.3 is 0 Å². The van der Waals surface area contributed by atoms with Crippen LogP contribution in [0.5, 0.6) is 0 Å². The largest absolute Gasteiger partial charge is 0.283 e. The van der Waals surface area contributed by atoms with E-state index in [0.29, 0.717) is 0 Å². The van der Waals surface area contributed by atoms with Gasteiger partial charge >= 0.3 is 0 Å². The van der Waals surface area contributed by atoms with Gasteiger partial charge in [-0.15, -0.1) is 0 Å². The number of para-hydroxylation sites is 2. The van der Waals surface area contributed by atoms with Gasteiger partial charge in [-0.1, -0.05) is 55.7 Å². The predicted octanol–water partition coefficient (Wildman–Crippen LogP) is 4.78. The van der Waals surface area contributed by atoms with Crippen molar-refractivity contribution >= 4 is 11.4 Å². The van der Waals surface area contributed by atoms with E-state index in [1.54, 1.807) is 0 Å². The molecule has 2 aromatic carbocycles. The molecule has 1 saturated carbocycles. The van der Waals surface area contributed by atoms with Crippen LogP contribution in [-0.2, 0) is 5.41 Å². The highest BCUT2D eigenvalue weighted by Crippen LogP contribution is 2.54. The van der Waals surface area contributed by atoms with Crippen LogP contribution < -0.4 is 5.06 Å². The van der Waals surface area contributed by atoms with Crippen molar-refractivity contribution in [3.63, 3.8) is 0 Å². The summed E-state index contributed by atoms with van der Waals surface area (Å²) >= 11 is 0. The molecule has 2 nitrogen and oxygen atoms in total. The van der Waals surface area contributed by atoms with Crippen LogP contribution in [0.3, 0.4) is 0 Å². The number of anilines is 2. The molecule has 2 aliphatic rings. The molecule has 0 unspecified atom stereocenters. The molecule has 4 rings (SSSR count). The monoisotopic (exact) mass is 265 g/mol. The van der Waals surface area contributed by atoms with Crippen LogP contribution in [0.25, 0.3) is 0 Å². The van der Waals surface area contributed by atoms with Crippen LogP contribution >= 0.6 is 0 Å².